The van der Waals surface area contributed by atoms with Gasteiger partial charge in [-0.15, -0.1) is 13.2 Å². The molecule has 10 nitrogen and oxygen atoms in total. The van der Waals surface area contributed by atoms with Crippen LogP contribution in [0.2, 0.25) is 0 Å². The van der Waals surface area contributed by atoms with E-state index < -0.39 is 35.2 Å². The maximum absolute atomic E-state index is 13.3. The number of nitrogens with zero attached hydrogens (tertiary/aromatic N) is 2. The predicted octanol–water partition coefficient (Wildman–Crippen LogP) is 4.82. The van der Waals surface area contributed by atoms with E-state index in [1.165, 1.54) is 23.3 Å². The van der Waals surface area contributed by atoms with Crippen LogP contribution in [0.15, 0.2) is 82.8 Å². The summed E-state index contributed by atoms with van der Waals surface area (Å²) in [4.78, 5) is 15.2. The Kier molecular flexibility index (Phi) is 8.60. The van der Waals surface area contributed by atoms with E-state index in [4.69, 9.17) is 16.0 Å². The van der Waals surface area contributed by atoms with Gasteiger partial charge in [-0.1, -0.05) is 30.3 Å². The first-order chi connectivity index (χ1) is 18.5. The fourth-order valence-corrected chi connectivity index (χ4v) is 4.31. The number of nitrogens with one attached hydrogen (secondary N) is 3. The lowest BCUT2D eigenvalue weighted by atomic mass is 10.1. The van der Waals surface area contributed by atoms with Crippen LogP contribution in [-0.2, 0) is 22.1 Å². The maximum atomic E-state index is 13.3. The zero-order valence-corrected chi connectivity index (χ0v) is 21.3. The molecule has 4 rings (SSSR count). The molecule has 14 heteroatoms. The second kappa shape index (κ2) is 11.9. The van der Waals surface area contributed by atoms with E-state index in [1.807, 2.05) is 12.1 Å². The van der Waals surface area contributed by atoms with Gasteiger partial charge < -0.3 is 14.8 Å². The van der Waals surface area contributed by atoms with Gasteiger partial charge >= 0.3 is 12.4 Å². The van der Waals surface area contributed by atoms with Crippen molar-refractivity contribution in [2.75, 3.05) is 16.5 Å². The van der Waals surface area contributed by atoms with Crippen LogP contribution >= 0.6 is 0 Å². The molecule has 1 saturated heterocycles. The molecule has 3 aromatic rings. The van der Waals surface area contributed by atoms with Crippen molar-refractivity contribution in [3.8, 4) is 5.75 Å². The Hall–Kier alpha value is -3.85. The number of alkyl halides is 3. The minimum Gasteiger partial charge on any atom is -0.406 e. The summed E-state index contributed by atoms with van der Waals surface area (Å²) in [6.45, 7) is 0.0841. The molecule has 0 saturated carbocycles. The second-order valence-electron chi connectivity index (χ2n) is 8.50. The van der Waals surface area contributed by atoms with Gasteiger partial charge in [-0.2, -0.15) is 5.11 Å². The summed E-state index contributed by atoms with van der Waals surface area (Å²) >= 11 is 0. The van der Waals surface area contributed by atoms with E-state index in [-0.39, 0.29) is 18.9 Å². The molecule has 0 aliphatic carbocycles. The number of anilines is 2. The van der Waals surface area contributed by atoms with Gasteiger partial charge in [0.15, 0.2) is 6.29 Å². The molecule has 39 heavy (non-hydrogen) atoms. The maximum Gasteiger partial charge on any atom is 0.573 e. The molecule has 0 radical (unpaired) electrons. The summed E-state index contributed by atoms with van der Waals surface area (Å²) in [5.74, 6) is -0.417. The number of carbonyl (C=O) groups excluding carboxylic acids is 1. The molecule has 206 valence electrons. The Labute approximate surface area is 224 Å². The third-order valence-corrected chi connectivity index (χ3v) is 6.58. The molecule has 4 unspecified atom stereocenters. The Morgan fingerprint density at radius 3 is 2.49 bits per heavy atom. The van der Waals surface area contributed by atoms with Gasteiger partial charge in [0.25, 0.3) is 0 Å². The van der Waals surface area contributed by atoms with Crippen molar-refractivity contribution < 1.29 is 31.6 Å². The minimum atomic E-state index is -4.84. The summed E-state index contributed by atoms with van der Waals surface area (Å²) in [5, 5.41) is 8.75. The van der Waals surface area contributed by atoms with E-state index in [0.717, 1.165) is 23.3 Å². The molecule has 0 bridgehead atoms. The third-order valence-electron chi connectivity index (χ3n) is 5.66. The highest BCUT2D eigenvalue weighted by molar-refractivity contribution is 7.84. The van der Waals surface area contributed by atoms with Gasteiger partial charge in [0.05, 0.1) is 6.54 Å². The lowest BCUT2D eigenvalue weighted by Crippen LogP contribution is -2.37. The van der Waals surface area contributed by atoms with Crippen LogP contribution in [-0.4, -0.2) is 35.4 Å². The van der Waals surface area contributed by atoms with Gasteiger partial charge in [0.2, 0.25) is 0 Å². The smallest absolute Gasteiger partial charge is 0.406 e. The van der Waals surface area contributed by atoms with Crippen molar-refractivity contribution in [3.05, 3.63) is 83.9 Å². The van der Waals surface area contributed by atoms with Crippen molar-refractivity contribution in [3.63, 3.8) is 0 Å². The number of hydrogen-bond acceptors (Lipinski definition) is 8. The number of ether oxygens (including phenoxy) is 2. The second-order valence-corrected chi connectivity index (χ2v) is 9.88. The number of nitrogens with two attached hydrogens (primary N) is 1. The van der Waals surface area contributed by atoms with Crippen LogP contribution in [0.25, 0.3) is 0 Å². The Morgan fingerprint density at radius 2 is 1.87 bits per heavy atom. The Bertz CT molecular complexity index is 1340. The number of epoxide rings is 1. The highest BCUT2D eigenvalue weighted by Crippen LogP contribution is 2.37. The quantitative estimate of drug-likeness (QED) is 0.158. The fraction of sp³-hybridized carbons (Fsp3) is 0.240. The molecule has 0 spiro atoms. The van der Waals surface area contributed by atoms with Crippen molar-refractivity contribution in [2.45, 2.75) is 36.4 Å². The number of urea groups is 1. The van der Waals surface area contributed by atoms with Crippen LogP contribution in [0, 0.1) is 5.53 Å². The molecule has 2 amide bonds. The first-order valence-electron chi connectivity index (χ1n) is 11.5. The van der Waals surface area contributed by atoms with Crippen LogP contribution in [0.1, 0.15) is 17.2 Å². The highest BCUT2D eigenvalue weighted by Gasteiger charge is 2.41. The van der Waals surface area contributed by atoms with Gasteiger partial charge in [-0.3, -0.25) is 20.2 Å². The van der Waals surface area contributed by atoms with E-state index >= 15 is 0 Å². The average molecular weight is 563 g/mol. The Morgan fingerprint density at radius 1 is 1.18 bits per heavy atom. The summed E-state index contributed by atoms with van der Waals surface area (Å²) in [6, 6.07) is 18.2. The van der Waals surface area contributed by atoms with Crippen LogP contribution in [0.3, 0.4) is 0 Å². The first kappa shape index (κ1) is 28.2. The summed E-state index contributed by atoms with van der Waals surface area (Å²) < 4.78 is 59.1. The Balaban J connectivity index is 1.53. The molecular formula is C25H25F3N6O4S. The van der Waals surface area contributed by atoms with Crippen molar-refractivity contribution in [2.24, 2.45) is 10.8 Å². The van der Waals surface area contributed by atoms with Crippen LogP contribution in [0.5, 0.6) is 5.75 Å². The lowest BCUT2D eigenvalue weighted by molar-refractivity contribution is -0.274. The standard InChI is InChI=1S/C25H25F3N6O4S/c1-39(36)20-4-2-3-17(13-20)31-24(35)34(18-9-11-19(12-10-18)38-25(26,27)28)14-15-5-7-16(8-6-15)21-22(37-21)32-23(29)33-30/h2-13,21-23,30,32H,14,29H2,1H3,(H,31,35). The molecule has 1 heterocycles. The largest absolute Gasteiger partial charge is 0.573 e. The van der Waals surface area contributed by atoms with Crippen LogP contribution in [0.4, 0.5) is 29.3 Å². The molecule has 3 aromatic carbocycles. The number of benzene rings is 3. The lowest BCUT2D eigenvalue weighted by Gasteiger charge is -2.24. The SMILES string of the molecule is CS(=O)c1cccc(NC(=O)N(Cc2ccc(C3OC3NC(N)N=N)cc2)c2ccc(OC(F)(F)F)cc2)c1. The molecule has 4 atom stereocenters. The average Bonchev–Trinajstić information content (AvgIpc) is 3.66. The summed E-state index contributed by atoms with van der Waals surface area (Å²) in [6.07, 6.45) is -4.81. The van der Waals surface area contributed by atoms with Gasteiger partial charge in [-0.25, -0.2) is 10.3 Å². The zero-order valence-electron chi connectivity index (χ0n) is 20.5. The van der Waals surface area contributed by atoms with Gasteiger partial charge in [0, 0.05) is 33.3 Å². The van der Waals surface area contributed by atoms with Crippen LogP contribution < -0.4 is 26.0 Å². The fourth-order valence-electron chi connectivity index (χ4n) is 3.75. The normalized spacial score (nSPS) is 18.1. The topological polar surface area (TPSA) is 145 Å². The van der Waals surface area contributed by atoms with E-state index in [1.54, 1.807) is 36.4 Å². The molecule has 1 aliphatic heterocycles. The predicted molar refractivity (Wildman–Crippen MR) is 137 cm³/mol. The summed E-state index contributed by atoms with van der Waals surface area (Å²) in [5.41, 5.74) is 14.8. The number of hydrogen-bond donors (Lipinski definition) is 4. The number of rotatable bonds is 10. The summed E-state index contributed by atoms with van der Waals surface area (Å²) in [7, 11) is -1.26. The van der Waals surface area contributed by atoms with E-state index in [0.29, 0.717) is 16.3 Å². The van der Waals surface area contributed by atoms with Crippen molar-refractivity contribution in [1.29, 1.82) is 5.53 Å². The molecule has 0 aromatic heterocycles. The van der Waals surface area contributed by atoms with Gasteiger partial charge in [-0.05, 0) is 53.6 Å². The zero-order chi connectivity index (χ0) is 28.2. The van der Waals surface area contributed by atoms with Crippen molar-refractivity contribution in [1.82, 2.24) is 5.32 Å². The molecule has 1 fully saturated rings. The monoisotopic (exact) mass is 562 g/mol. The first-order valence-corrected chi connectivity index (χ1v) is 13.1. The highest BCUT2D eigenvalue weighted by atomic mass is 32.2. The third kappa shape index (κ3) is 7.83. The van der Waals surface area contributed by atoms with E-state index in [9.17, 15) is 22.2 Å². The molecule has 5 N–H and O–H groups in total. The molecule has 1 aliphatic rings. The number of halogens is 3. The minimum absolute atomic E-state index is 0.0841. The van der Waals surface area contributed by atoms with E-state index in [2.05, 4.69) is 20.5 Å². The number of carbonyl (C=O) groups is 1. The molecular weight excluding hydrogens is 537 g/mol. The van der Waals surface area contributed by atoms with Crippen molar-refractivity contribution >= 4 is 28.2 Å². The number of amides is 2. The van der Waals surface area contributed by atoms with Gasteiger partial charge in [0.1, 0.15) is 18.1 Å².